The molecule has 0 saturated carbocycles. The van der Waals surface area contributed by atoms with Gasteiger partial charge >= 0.3 is 0 Å². The van der Waals surface area contributed by atoms with Gasteiger partial charge in [-0.1, -0.05) is 30.3 Å². The molecule has 2 fully saturated rings. The molecule has 1 N–H and O–H groups in total. The first kappa shape index (κ1) is 11.9. The molecule has 0 spiro atoms. The van der Waals surface area contributed by atoms with Crippen LogP contribution in [-0.2, 0) is 0 Å². The van der Waals surface area contributed by atoms with Crippen molar-refractivity contribution in [3.05, 3.63) is 48.0 Å². The van der Waals surface area contributed by atoms with Crippen molar-refractivity contribution >= 4 is 16.7 Å². The number of nitrogens with one attached hydrogen (secondary N) is 1. The van der Waals surface area contributed by atoms with Crippen LogP contribution in [0.3, 0.4) is 0 Å². The summed E-state index contributed by atoms with van der Waals surface area (Å²) < 4.78 is 0. The standard InChI is InChI=1S/C17H18N2O/c20-17(18-16-11-19-8-7-15(16)10-19)14-6-5-12-3-1-2-4-13(12)9-14/h1-6,9,15-16H,7-8,10-11H2,(H,18,20)/t15-,16?/m0/s1. The number of carbonyl (C=O) groups is 1. The van der Waals surface area contributed by atoms with Crippen LogP contribution in [0.5, 0.6) is 0 Å². The van der Waals surface area contributed by atoms with E-state index in [1.807, 2.05) is 30.3 Å². The van der Waals surface area contributed by atoms with Crippen molar-refractivity contribution in [2.75, 3.05) is 19.6 Å². The predicted molar refractivity (Wildman–Crippen MR) is 79.7 cm³/mol. The van der Waals surface area contributed by atoms with Gasteiger partial charge in [-0.05, 0) is 41.8 Å². The summed E-state index contributed by atoms with van der Waals surface area (Å²) >= 11 is 0. The van der Waals surface area contributed by atoms with E-state index in [4.69, 9.17) is 0 Å². The Labute approximate surface area is 118 Å². The number of amides is 1. The Hall–Kier alpha value is -1.87. The van der Waals surface area contributed by atoms with Gasteiger partial charge in [0.2, 0.25) is 0 Å². The number of carbonyl (C=O) groups excluding carboxylic acids is 1. The van der Waals surface area contributed by atoms with E-state index in [2.05, 4.69) is 22.3 Å². The molecule has 0 radical (unpaired) electrons. The molecule has 2 aliphatic heterocycles. The first-order valence-electron chi connectivity index (χ1n) is 7.31. The Balaban J connectivity index is 1.54. The average molecular weight is 266 g/mol. The molecule has 0 aliphatic carbocycles. The van der Waals surface area contributed by atoms with Crippen LogP contribution < -0.4 is 5.32 Å². The summed E-state index contributed by atoms with van der Waals surface area (Å²) in [5.74, 6) is 0.717. The quantitative estimate of drug-likeness (QED) is 0.904. The van der Waals surface area contributed by atoms with Gasteiger partial charge in [-0.15, -0.1) is 0 Å². The molecular weight excluding hydrogens is 248 g/mol. The molecule has 1 amide bonds. The Morgan fingerprint density at radius 1 is 1.10 bits per heavy atom. The molecule has 102 valence electrons. The van der Waals surface area contributed by atoms with Crippen LogP contribution in [0.1, 0.15) is 16.8 Å². The molecule has 4 rings (SSSR count). The monoisotopic (exact) mass is 266 g/mol. The zero-order valence-electron chi connectivity index (χ0n) is 11.4. The van der Waals surface area contributed by atoms with E-state index in [0.29, 0.717) is 12.0 Å². The summed E-state index contributed by atoms with van der Waals surface area (Å²) in [4.78, 5) is 14.8. The third-order valence-corrected chi connectivity index (χ3v) is 4.66. The second kappa shape index (κ2) is 4.60. The smallest absolute Gasteiger partial charge is 0.251 e. The normalized spacial score (nSPS) is 27.9. The molecule has 3 nitrogen and oxygen atoms in total. The lowest BCUT2D eigenvalue weighted by atomic mass is 9.99. The third kappa shape index (κ3) is 1.98. The fourth-order valence-corrected chi connectivity index (χ4v) is 3.53. The summed E-state index contributed by atoms with van der Waals surface area (Å²) in [6.07, 6.45) is 1.22. The van der Waals surface area contributed by atoms with Gasteiger partial charge in [0.05, 0.1) is 0 Å². The van der Waals surface area contributed by atoms with Gasteiger partial charge in [-0.2, -0.15) is 0 Å². The molecule has 2 saturated heterocycles. The van der Waals surface area contributed by atoms with E-state index in [-0.39, 0.29) is 5.91 Å². The molecular formula is C17H18N2O. The van der Waals surface area contributed by atoms with Crippen LogP contribution in [-0.4, -0.2) is 36.5 Å². The number of benzene rings is 2. The third-order valence-electron chi connectivity index (χ3n) is 4.66. The minimum atomic E-state index is 0.0644. The second-order valence-corrected chi connectivity index (χ2v) is 5.95. The maximum Gasteiger partial charge on any atom is 0.251 e. The van der Waals surface area contributed by atoms with Crippen LogP contribution in [0.25, 0.3) is 10.8 Å². The minimum absolute atomic E-state index is 0.0644. The predicted octanol–water partition coefficient (Wildman–Crippen LogP) is 2.27. The summed E-state index contributed by atoms with van der Waals surface area (Å²) in [5.41, 5.74) is 0.765. The van der Waals surface area contributed by atoms with E-state index in [9.17, 15) is 4.79 Å². The molecule has 20 heavy (non-hydrogen) atoms. The topological polar surface area (TPSA) is 32.3 Å². The highest BCUT2D eigenvalue weighted by atomic mass is 16.1. The number of piperidine rings is 1. The summed E-state index contributed by atoms with van der Waals surface area (Å²) in [7, 11) is 0. The molecule has 2 aromatic rings. The largest absolute Gasteiger partial charge is 0.348 e. The van der Waals surface area contributed by atoms with Gasteiger partial charge in [0.15, 0.2) is 0 Å². The fourth-order valence-electron chi connectivity index (χ4n) is 3.53. The van der Waals surface area contributed by atoms with Gasteiger partial charge in [-0.25, -0.2) is 0 Å². The number of fused-ring (bicyclic) bond motifs is 3. The van der Waals surface area contributed by atoms with Crippen LogP contribution in [0.2, 0.25) is 0 Å². The molecule has 3 heteroatoms. The SMILES string of the molecule is O=C(NC1CN2CC[C@H]1C2)c1ccc2ccccc2c1. The Bertz CT molecular complexity index is 667. The zero-order valence-corrected chi connectivity index (χ0v) is 11.4. The van der Waals surface area contributed by atoms with Crippen molar-refractivity contribution in [3.8, 4) is 0 Å². The van der Waals surface area contributed by atoms with Gasteiger partial charge in [0, 0.05) is 24.7 Å². The van der Waals surface area contributed by atoms with E-state index < -0.39 is 0 Å². The van der Waals surface area contributed by atoms with Gasteiger partial charge in [0.25, 0.3) is 5.91 Å². The Morgan fingerprint density at radius 2 is 1.95 bits per heavy atom. The highest BCUT2D eigenvalue weighted by Crippen LogP contribution is 2.28. The maximum atomic E-state index is 12.4. The molecule has 2 heterocycles. The minimum Gasteiger partial charge on any atom is -0.348 e. The average Bonchev–Trinajstić information content (AvgIpc) is 3.09. The van der Waals surface area contributed by atoms with Crippen LogP contribution in [0, 0.1) is 5.92 Å². The first-order valence-corrected chi connectivity index (χ1v) is 7.31. The zero-order chi connectivity index (χ0) is 13.5. The Kier molecular flexibility index (Phi) is 2.74. The summed E-state index contributed by atoms with van der Waals surface area (Å²) in [6.45, 7) is 3.37. The number of nitrogens with zero attached hydrogens (tertiary/aromatic N) is 1. The van der Waals surface area contributed by atoms with Crippen molar-refractivity contribution in [3.63, 3.8) is 0 Å². The van der Waals surface area contributed by atoms with Crippen molar-refractivity contribution in [2.24, 2.45) is 5.92 Å². The van der Waals surface area contributed by atoms with Gasteiger partial charge in [0.1, 0.15) is 0 Å². The molecule has 2 aliphatic rings. The molecule has 2 unspecified atom stereocenters. The lowest BCUT2D eigenvalue weighted by Gasteiger charge is -2.23. The van der Waals surface area contributed by atoms with E-state index in [1.54, 1.807) is 0 Å². The van der Waals surface area contributed by atoms with Crippen molar-refractivity contribution in [1.82, 2.24) is 10.2 Å². The van der Waals surface area contributed by atoms with Crippen LogP contribution in [0.15, 0.2) is 42.5 Å². The number of rotatable bonds is 2. The highest BCUT2D eigenvalue weighted by molar-refractivity contribution is 5.98. The lowest BCUT2D eigenvalue weighted by Crippen LogP contribution is -2.43. The lowest BCUT2D eigenvalue weighted by molar-refractivity contribution is 0.0924. The summed E-state index contributed by atoms with van der Waals surface area (Å²) in [6, 6.07) is 14.4. The molecule has 2 aromatic carbocycles. The van der Waals surface area contributed by atoms with Crippen molar-refractivity contribution < 1.29 is 4.79 Å². The van der Waals surface area contributed by atoms with E-state index in [1.165, 1.54) is 18.4 Å². The van der Waals surface area contributed by atoms with Gasteiger partial charge in [-0.3, -0.25) is 4.79 Å². The van der Waals surface area contributed by atoms with Crippen LogP contribution >= 0.6 is 0 Å². The molecule has 2 bridgehead atoms. The summed E-state index contributed by atoms with van der Waals surface area (Å²) in [5, 5.41) is 5.51. The molecule has 0 aromatic heterocycles. The number of hydrogen-bond acceptors (Lipinski definition) is 2. The molecule has 3 atom stereocenters. The second-order valence-electron chi connectivity index (χ2n) is 5.95. The van der Waals surface area contributed by atoms with E-state index >= 15 is 0 Å². The van der Waals surface area contributed by atoms with Gasteiger partial charge < -0.3 is 10.2 Å². The Morgan fingerprint density at radius 3 is 2.70 bits per heavy atom. The maximum absolute atomic E-state index is 12.4. The van der Waals surface area contributed by atoms with E-state index in [0.717, 1.165) is 24.0 Å². The fraction of sp³-hybridized carbons (Fsp3) is 0.353. The van der Waals surface area contributed by atoms with Crippen molar-refractivity contribution in [1.29, 1.82) is 0 Å². The number of hydrogen-bond donors (Lipinski definition) is 1. The highest BCUT2D eigenvalue weighted by Gasteiger charge is 2.38. The van der Waals surface area contributed by atoms with Crippen LogP contribution in [0.4, 0.5) is 0 Å². The first-order chi connectivity index (χ1) is 9.79. The van der Waals surface area contributed by atoms with Crippen molar-refractivity contribution in [2.45, 2.75) is 12.5 Å².